The largest absolute Gasteiger partial charge is 0.478 e. The van der Waals surface area contributed by atoms with Crippen molar-refractivity contribution in [3.63, 3.8) is 0 Å². The number of nitrogens with zero attached hydrogens (tertiary/aromatic N) is 5. The molecule has 0 spiro atoms. The Bertz CT molecular complexity index is 1600. The van der Waals surface area contributed by atoms with E-state index in [4.69, 9.17) is 0 Å². The summed E-state index contributed by atoms with van der Waals surface area (Å²) >= 11 is 0. The Morgan fingerprint density at radius 2 is 1.14 bits per heavy atom. The van der Waals surface area contributed by atoms with E-state index in [2.05, 4.69) is 0 Å². The van der Waals surface area contributed by atoms with Gasteiger partial charge in [0.25, 0.3) is 0 Å². The van der Waals surface area contributed by atoms with Gasteiger partial charge in [0, 0.05) is 30.6 Å². The van der Waals surface area contributed by atoms with Gasteiger partial charge in [-0.1, -0.05) is 48.5 Å². The molecule has 0 aliphatic rings. The number of hydrogen-bond acceptors (Lipinski definition) is 6. The van der Waals surface area contributed by atoms with Gasteiger partial charge in [-0.15, -0.1) is 0 Å². The summed E-state index contributed by atoms with van der Waals surface area (Å²) in [5.74, 6) is -1.09. The average Bonchev–Trinajstić information content (AvgIpc) is 2.90. The summed E-state index contributed by atoms with van der Waals surface area (Å²) in [6, 6.07) is 27.9. The van der Waals surface area contributed by atoms with E-state index in [1.165, 1.54) is 12.1 Å². The van der Waals surface area contributed by atoms with Crippen molar-refractivity contribution < 1.29 is 9.90 Å². The third-order valence-corrected chi connectivity index (χ3v) is 5.50. The first-order valence-corrected chi connectivity index (χ1v) is 10.7. The van der Waals surface area contributed by atoms with Crippen molar-refractivity contribution in [2.45, 2.75) is 0 Å². The van der Waals surface area contributed by atoms with Gasteiger partial charge in [0.15, 0.2) is 0 Å². The van der Waals surface area contributed by atoms with E-state index in [0.717, 1.165) is 11.3 Å². The number of carbonyl (C=O) groups is 1. The number of hydrogen-bond donors (Lipinski definition) is 1. The molecule has 0 bridgehead atoms. The molecule has 0 radical (unpaired) electrons. The Labute approximate surface area is 208 Å². The molecule has 3 rings (SSSR count). The predicted molar refractivity (Wildman–Crippen MR) is 135 cm³/mol. The maximum absolute atomic E-state index is 11.4. The first-order chi connectivity index (χ1) is 17.3. The fourth-order valence-corrected chi connectivity index (χ4v) is 3.67. The van der Waals surface area contributed by atoms with Crippen molar-refractivity contribution in [2.24, 2.45) is 0 Å². The van der Waals surface area contributed by atoms with Crippen LogP contribution in [0.5, 0.6) is 0 Å². The van der Waals surface area contributed by atoms with Crippen LogP contribution >= 0.6 is 0 Å². The predicted octanol–water partition coefficient (Wildman–Crippen LogP) is 3.35. The lowest BCUT2D eigenvalue weighted by Crippen LogP contribution is -2.15. The molecule has 0 amide bonds. The zero-order valence-corrected chi connectivity index (χ0v) is 19.5. The van der Waals surface area contributed by atoms with Crippen LogP contribution in [0.3, 0.4) is 0 Å². The maximum atomic E-state index is 11.4. The highest BCUT2D eigenvalue weighted by molar-refractivity contribution is 6.08. The highest BCUT2D eigenvalue weighted by Crippen LogP contribution is 2.33. The SMILES string of the molecule is CN(C)c1ccc(C(C(=C(C#N)C#N)c2ccc(C(=O)O)cc2)=c2ccc(=C(C#N)C#N)cc2)cc1. The topological polar surface area (TPSA) is 136 Å². The normalized spacial score (nSPS) is 9.50. The quantitative estimate of drug-likeness (QED) is 0.566. The van der Waals surface area contributed by atoms with Crippen molar-refractivity contribution in [3.8, 4) is 24.3 Å². The van der Waals surface area contributed by atoms with Crippen molar-refractivity contribution >= 4 is 28.4 Å². The van der Waals surface area contributed by atoms with E-state index in [0.29, 0.717) is 27.1 Å². The molecule has 0 unspecified atom stereocenters. The minimum Gasteiger partial charge on any atom is -0.478 e. The van der Waals surface area contributed by atoms with Gasteiger partial charge in [0.2, 0.25) is 0 Å². The molecule has 0 aromatic heterocycles. The van der Waals surface area contributed by atoms with E-state index in [-0.39, 0.29) is 16.7 Å². The van der Waals surface area contributed by atoms with E-state index in [9.17, 15) is 30.9 Å². The summed E-state index contributed by atoms with van der Waals surface area (Å²) in [5.41, 5.74) is 2.98. The minimum absolute atomic E-state index is 0.0341. The van der Waals surface area contributed by atoms with Crippen LogP contribution in [0.15, 0.2) is 78.4 Å². The highest BCUT2D eigenvalue weighted by atomic mass is 16.4. The van der Waals surface area contributed by atoms with Crippen LogP contribution < -0.4 is 15.3 Å². The standard InChI is InChI=1S/C29H19N5O2/c1-34(2)26-13-11-22(12-14-26)27(20-5-3-19(4-6-20)24(15-30)16-31)28(25(17-32)18-33)21-7-9-23(10-8-21)29(35)36/h3-14H,1-2H3,(H,35,36). The zero-order chi connectivity index (χ0) is 26.2. The van der Waals surface area contributed by atoms with Gasteiger partial charge >= 0.3 is 5.97 Å². The molecule has 3 aromatic rings. The number of benzene rings is 3. The lowest BCUT2D eigenvalue weighted by molar-refractivity contribution is 0.0697. The Hall–Kier alpha value is -5.63. The number of aromatic carboxylic acids is 1. The monoisotopic (exact) mass is 469 g/mol. The number of carboxylic acids is 1. The van der Waals surface area contributed by atoms with E-state index in [1.54, 1.807) is 36.4 Å². The summed E-state index contributed by atoms with van der Waals surface area (Å²) in [6.45, 7) is 0. The summed E-state index contributed by atoms with van der Waals surface area (Å²) < 4.78 is 0. The van der Waals surface area contributed by atoms with Crippen LogP contribution in [0, 0.1) is 45.3 Å². The first-order valence-electron chi connectivity index (χ1n) is 10.7. The second-order valence-electron chi connectivity index (χ2n) is 7.85. The lowest BCUT2D eigenvalue weighted by Gasteiger charge is -2.17. The maximum Gasteiger partial charge on any atom is 0.335 e. The molecule has 0 fully saturated rings. The minimum atomic E-state index is -1.09. The van der Waals surface area contributed by atoms with E-state index >= 15 is 0 Å². The molecule has 1 N–H and O–H groups in total. The average molecular weight is 470 g/mol. The molecule has 0 saturated carbocycles. The lowest BCUT2D eigenvalue weighted by atomic mass is 9.87. The first kappa shape index (κ1) is 25.0. The number of anilines is 1. The molecular weight excluding hydrogens is 450 g/mol. The van der Waals surface area contributed by atoms with Gasteiger partial charge in [0.1, 0.15) is 35.4 Å². The smallest absolute Gasteiger partial charge is 0.335 e. The van der Waals surface area contributed by atoms with Gasteiger partial charge in [-0.3, -0.25) is 0 Å². The van der Waals surface area contributed by atoms with Crippen LogP contribution in [0.1, 0.15) is 21.5 Å². The Kier molecular flexibility index (Phi) is 7.64. The summed E-state index contributed by atoms with van der Waals surface area (Å²) in [7, 11) is 3.82. The third-order valence-electron chi connectivity index (χ3n) is 5.50. The van der Waals surface area contributed by atoms with Gasteiger partial charge in [-0.05, 0) is 46.2 Å². The van der Waals surface area contributed by atoms with Crippen LogP contribution in [-0.4, -0.2) is 25.2 Å². The van der Waals surface area contributed by atoms with Gasteiger partial charge in [0.05, 0.1) is 5.56 Å². The van der Waals surface area contributed by atoms with Crippen LogP contribution in [0.25, 0.3) is 16.7 Å². The zero-order valence-electron chi connectivity index (χ0n) is 19.5. The van der Waals surface area contributed by atoms with Crippen LogP contribution in [-0.2, 0) is 0 Å². The molecule has 172 valence electrons. The van der Waals surface area contributed by atoms with Crippen molar-refractivity contribution in [2.75, 3.05) is 19.0 Å². The summed E-state index contributed by atoms with van der Waals surface area (Å²) in [4.78, 5) is 13.3. The van der Waals surface area contributed by atoms with Crippen molar-refractivity contribution in [1.82, 2.24) is 0 Å². The Morgan fingerprint density at radius 1 is 0.667 bits per heavy atom. The number of allylic oxidation sites excluding steroid dienone is 2. The van der Waals surface area contributed by atoms with Gasteiger partial charge in [-0.2, -0.15) is 21.0 Å². The number of rotatable bonds is 5. The third kappa shape index (κ3) is 5.13. The molecule has 7 heteroatoms. The molecule has 0 heterocycles. The fourth-order valence-electron chi connectivity index (χ4n) is 3.67. The highest BCUT2D eigenvalue weighted by Gasteiger charge is 2.18. The summed E-state index contributed by atoms with van der Waals surface area (Å²) in [6.07, 6.45) is 0. The fraction of sp³-hybridized carbons (Fsp3) is 0.0690. The van der Waals surface area contributed by atoms with Crippen LogP contribution in [0.4, 0.5) is 5.69 Å². The van der Waals surface area contributed by atoms with E-state index in [1.807, 2.05) is 67.5 Å². The Morgan fingerprint density at radius 3 is 1.58 bits per heavy atom. The number of nitriles is 4. The van der Waals surface area contributed by atoms with Crippen molar-refractivity contribution in [1.29, 1.82) is 21.0 Å². The molecule has 0 atom stereocenters. The molecular formula is C29H19N5O2. The van der Waals surface area contributed by atoms with Crippen molar-refractivity contribution in [3.05, 3.63) is 105 Å². The summed E-state index contributed by atoms with van der Waals surface area (Å²) in [5, 5.41) is 48.4. The van der Waals surface area contributed by atoms with Gasteiger partial charge < -0.3 is 10.0 Å². The van der Waals surface area contributed by atoms with Crippen LogP contribution in [0.2, 0.25) is 0 Å². The molecule has 0 aliphatic heterocycles. The number of carboxylic acid groups (broad SMARTS) is 1. The second-order valence-corrected chi connectivity index (χ2v) is 7.85. The molecule has 0 saturated heterocycles. The molecule has 3 aromatic carbocycles. The second kappa shape index (κ2) is 11.0. The Balaban J connectivity index is 2.46. The molecule has 0 aliphatic carbocycles. The van der Waals surface area contributed by atoms with E-state index < -0.39 is 5.97 Å². The molecule has 36 heavy (non-hydrogen) atoms. The van der Waals surface area contributed by atoms with Gasteiger partial charge in [-0.25, -0.2) is 4.79 Å². The molecule has 7 nitrogen and oxygen atoms in total.